The molecule has 2 aromatic rings. The maximum absolute atomic E-state index is 11.7. The fourth-order valence-corrected chi connectivity index (χ4v) is 1.80. The van der Waals surface area contributed by atoms with Crippen LogP contribution in [-0.2, 0) is 11.8 Å². The number of hydrogen-bond donors (Lipinski definition) is 2. The number of nitrogens with one attached hydrogen (secondary N) is 1. The van der Waals surface area contributed by atoms with E-state index in [4.69, 9.17) is 5.73 Å². The summed E-state index contributed by atoms with van der Waals surface area (Å²) < 4.78 is 1.94. The molecule has 1 amide bonds. The van der Waals surface area contributed by atoms with E-state index in [1.54, 1.807) is 6.33 Å². The Morgan fingerprint density at radius 1 is 1.56 bits per heavy atom. The van der Waals surface area contributed by atoms with E-state index in [9.17, 15) is 4.79 Å². The molecule has 1 aromatic carbocycles. The molecular formula is C13H18N4O. The number of hydrogen-bond acceptors (Lipinski definition) is 3. The van der Waals surface area contributed by atoms with E-state index >= 15 is 0 Å². The SMILES string of the molecule is CC(N)CCC(=O)Nc1ccc2c(c1)ncn2C. The molecule has 0 aliphatic carbocycles. The highest BCUT2D eigenvalue weighted by Crippen LogP contribution is 2.17. The van der Waals surface area contributed by atoms with E-state index in [0.29, 0.717) is 12.8 Å². The lowest BCUT2D eigenvalue weighted by Crippen LogP contribution is -2.19. The summed E-state index contributed by atoms with van der Waals surface area (Å²) in [7, 11) is 1.94. The van der Waals surface area contributed by atoms with Gasteiger partial charge in [-0.25, -0.2) is 4.98 Å². The Hall–Kier alpha value is -1.88. The van der Waals surface area contributed by atoms with Crippen molar-refractivity contribution in [3.05, 3.63) is 24.5 Å². The van der Waals surface area contributed by atoms with Crippen molar-refractivity contribution < 1.29 is 4.79 Å². The zero-order chi connectivity index (χ0) is 13.1. The van der Waals surface area contributed by atoms with Crippen LogP contribution in [0.25, 0.3) is 11.0 Å². The minimum atomic E-state index is -0.0115. The van der Waals surface area contributed by atoms with Gasteiger partial charge in [-0.3, -0.25) is 4.79 Å². The molecule has 1 aromatic heterocycles. The number of anilines is 1. The van der Waals surface area contributed by atoms with Crippen molar-refractivity contribution in [2.75, 3.05) is 5.32 Å². The van der Waals surface area contributed by atoms with E-state index in [2.05, 4.69) is 10.3 Å². The number of amides is 1. The third-order valence-electron chi connectivity index (χ3n) is 2.84. The molecule has 96 valence electrons. The highest BCUT2D eigenvalue weighted by atomic mass is 16.1. The lowest BCUT2D eigenvalue weighted by molar-refractivity contribution is -0.116. The predicted molar refractivity (Wildman–Crippen MR) is 72.2 cm³/mol. The Morgan fingerprint density at radius 3 is 3.06 bits per heavy atom. The molecule has 0 radical (unpaired) electrons. The molecule has 2 rings (SSSR count). The molecule has 0 saturated heterocycles. The second-order valence-corrected chi connectivity index (χ2v) is 4.62. The molecule has 0 saturated carbocycles. The van der Waals surface area contributed by atoms with Crippen molar-refractivity contribution in [2.45, 2.75) is 25.8 Å². The van der Waals surface area contributed by atoms with Gasteiger partial charge in [0.1, 0.15) is 0 Å². The summed E-state index contributed by atoms with van der Waals surface area (Å²) in [4.78, 5) is 15.9. The fraction of sp³-hybridized carbons (Fsp3) is 0.385. The number of nitrogens with two attached hydrogens (primary N) is 1. The van der Waals surface area contributed by atoms with Crippen LogP contribution in [0.5, 0.6) is 0 Å². The summed E-state index contributed by atoms with van der Waals surface area (Å²) in [6.45, 7) is 1.90. The number of rotatable bonds is 4. The Kier molecular flexibility index (Phi) is 3.62. The number of imidazole rings is 1. The third kappa shape index (κ3) is 2.87. The summed E-state index contributed by atoms with van der Waals surface area (Å²) in [6.07, 6.45) is 2.89. The lowest BCUT2D eigenvalue weighted by Gasteiger charge is -2.07. The standard InChI is InChI=1S/C13H18N4O/c1-9(14)3-6-13(18)16-10-4-5-12-11(7-10)15-8-17(12)2/h4-5,7-9H,3,6,14H2,1-2H3,(H,16,18). The van der Waals surface area contributed by atoms with Gasteiger partial charge in [-0.1, -0.05) is 0 Å². The van der Waals surface area contributed by atoms with Crippen LogP contribution in [0, 0.1) is 0 Å². The zero-order valence-corrected chi connectivity index (χ0v) is 10.7. The first kappa shape index (κ1) is 12.6. The Morgan fingerprint density at radius 2 is 2.33 bits per heavy atom. The normalized spacial score (nSPS) is 12.6. The van der Waals surface area contributed by atoms with Gasteiger partial charge in [-0.2, -0.15) is 0 Å². The molecule has 5 nitrogen and oxygen atoms in total. The summed E-state index contributed by atoms with van der Waals surface area (Å²) in [5.74, 6) is -0.0115. The van der Waals surface area contributed by atoms with E-state index in [1.165, 1.54) is 0 Å². The largest absolute Gasteiger partial charge is 0.334 e. The van der Waals surface area contributed by atoms with Gasteiger partial charge in [0.25, 0.3) is 0 Å². The van der Waals surface area contributed by atoms with Gasteiger partial charge in [0.2, 0.25) is 5.91 Å². The first-order valence-electron chi connectivity index (χ1n) is 6.03. The van der Waals surface area contributed by atoms with Crippen LogP contribution in [0.3, 0.4) is 0 Å². The minimum absolute atomic E-state index is 0.0115. The second-order valence-electron chi connectivity index (χ2n) is 4.62. The molecule has 0 aliphatic rings. The maximum Gasteiger partial charge on any atom is 0.224 e. The number of fused-ring (bicyclic) bond motifs is 1. The molecule has 5 heteroatoms. The summed E-state index contributed by atoms with van der Waals surface area (Å²) in [6, 6.07) is 5.75. The maximum atomic E-state index is 11.7. The molecule has 0 spiro atoms. The minimum Gasteiger partial charge on any atom is -0.334 e. The van der Waals surface area contributed by atoms with Crippen molar-refractivity contribution in [3.8, 4) is 0 Å². The van der Waals surface area contributed by atoms with Crippen molar-refractivity contribution in [1.82, 2.24) is 9.55 Å². The lowest BCUT2D eigenvalue weighted by atomic mass is 10.2. The molecule has 0 aliphatic heterocycles. The van der Waals surface area contributed by atoms with Crippen LogP contribution in [-0.4, -0.2) is 21.5 Å². The van der Waals surface area contributed by atoms with Gasteiger partial charge < -0.3 is 15.6 Å². The highest BCUT2D eigenvalue weighted by molar-refractivity contribution is 5.93. The average Bonchev–Trinajstić information content (AvgIpc) is 2.68. The zero-order valence-electron chi connectivity index (χ0n) is 10.7. The van der Waals surface area contributed by atoms with E-state index in [1.807, 2.05) is 36.7 Å². The van der Waals surface area contributed by atoms with Gasteiger partial charge in [0.15, 0.2) is 0 Å². The molecule has 3 N–H and O–H groups in total. The van der Waals surface area contributed by atoms with Crippen molar-refractivity contribution in [2.24, 2.45) is 12.8 Å². The third-order valence-corrected chi connectivity index (χ3v) is 2.84. The van der Waals surface area contributed by atoms with E-state index in [0.717, 1.165) is 16.7 Å². The van der Waals surface area contributed by atoms with Crippen LogP contribution in [0.4, 0.5) is 5.69 Å². The van der Waals surface area contributed by atoms with Crippen LogP contribution in [0.1, 0.15) is 19.8 Å². The Balaban J connectivity index is 2.05. The number of aryl methyl sites for hydroxylation is 1. The highest BCUT2D eigenvalue weighted by Gasteiger charge is 2.06. The van der Waals surface area contributed by atoms with Crippen LogP contribution < -0.4 is 11.1 Å². The smallest absolute Gasteiger partial charge is 0.224 e. The average molecular weight is 246 g/mol. The second kappa shape index (κ2) is 5.18. The molecule has 0 fully saturated rings. The number of benzene rings is 1. The molecular weight excluding hydrogens is 228 g/mol. The number of carbonyl (C=O) groups excluding carboxylic acids is 1. The molecule has 1 atom stereocenters. The van der Waals surface area contributed by atoms with Crippen LogP contribution in [0.15, 0.2) is 24.5 Å². The van der Waals surface area contributed by atoms with Crippen molar-refractivity contribution in [3.63, 3.8) is 0 Å². The van der Waals surface area contributed by atoms with Crippen LogP contribution >= 0.6 is 0 Å². The van der Waals surface area contributed by atoms with Gasteiger partial charge in [-0.15, -0.1) is 0 Å². The number of aromatic nitrogens is 2. The predicted octanol–water partition coefficient (Wildman–Crippen LogP) is 1.64. The van der Waals surface area contributed by atoms with Gasteiger partial charge in [-0.05, 0) is 31.5 Å². The quantitative estimate of drug-likeness (QED) is 0.861. The van der Waals surface area contributed by atoms with E-state index in [-0.39, 0.29) is 11.9 Å². The summed E-state index contributed by atoms with van der Waals surface area (Å²) in [5, 5.41) is 2.85. The number of nitrogens with zero attached hydrogens (tertiary/aromatic N) is 2. The van der Waals surface area contributed by atoms with E-state index < -0.39 is 0 Å². The molecule has 1 heterocycles. The summed E-state index contributed by atoms with van der Waals surface area (Å²) >= 11 is 0. The molecule has 18 heavy (non-hydrogen) atoms. The molecule has 1 unspecified atom stereocenters. The monoisotopic (exact) mass is 246 g/mol. The van der Waals surface area contributed by atoms with Crippen molar-refractivity contribution >= 4 is 22.6 Å². The van der Waals surface area contributed by atoms with Gasteiger partial charge in [0, 0.05) is 25.2 Å². The molecule has 0 bridgehead atoms. The fourth-order valence-electron chi connectivity index (χ4n) is 1.80. The van der Waals surface area contributed by atoms with Crippen LogP contribution in [0.2, 0.25) is 0 Å². The topological polar surface area (TPSA) is 72.9 Å². The van der Waals surface area contributed by atoms with Gasteiger partial charge >= 0.3 is 0 Å². The Labute approximate surface area is 106 Å². The number of carbonyl (C=O) groups is 1. The summed E-state index contributed by atoms with van der Waals surface area (Å²) in [5.41, 5.74) is 8.31. The first-order chi connectivity index (χ1) is 8.56. The van der Waals surface area contributed by atoms with Gasteiger partial charge in [0.05, 0.1) is 17.4 Å². The van der Waals surface area contributed by atoms with Crippen molar-refractivity contribution in [1.29, 1.82) is 0 Å². The Bertz CT molecular complexity index is 559. The first-order valence-corrected chi connectivity index (χ1v) is 6.03.